The summed E-state index contributed by atoms with van der Waals surface area (Å²) in [5.74, 6) is -1.96. The van der Waals surface area contributed by atoms with Gasteiger partial charge in [0.2, 0.25) is 0 Å². The zero-order valence-electron chi connectivity index (χ0n) is 11.5. The van der Waals surface area contributed by atoms with Crippen molar-refractivity contribution in [2.45, 2.75) is 51.1 Å². The number of halogens is 2. The lowest BCUT2D eigenvalue weighted by molar-refractivity contribution is -0.139. The van der Waals surface area contributed by atoms with Crippen molar-refractivity contribution in [1.82, 2.24) is 5.32 Å². The minimum atomic E-state index is -0.878. The molecule has 0 aliphatic heterocycles. The fraction of sp³-hybridized carbons (Fsp3) is 0.533. The molecule has 0 saturated heterocycles. The number of nitrogens with one attached hydrogen (secondary N) is 1. The van der Waals surface area contributed by atoms with Crippen LogP contribution in [0.15, 0.2) is 12.1 Å². The molecule has 2 atom stereocenters. The minimum absolute atomic E-state index is 0.0740. The first-order valence-corrected chi connectivity index (χ1v) is 6.97. The molecule has 0 amide bonds. The highest BCUT2D eigenvalue weighted by molar-refractivity contribution is 5.73. The highest BCUT2D eigenvalue weighted by atomic mass is 19.1. The van der Waals surface area contributed by atoms with Crippen molar-refractivity contribution in [2.75, 3.05) is 0 Å². The predicted octanol–water partition coefficient (Wildman–Crippen LogP) is 2.67. The fourth-order valence-corrected chi connectivity index (χ4v) is 2.78. The third-order valence-corrected chi connectivity index (χ3v) is 3.78. The van der Waals surface area contributed by atoms with Crippen LogP contribution in [0.5, 0.6) is 0 Å². The van der Waals surface area contributed by atoms with E-state index in [1.807, 2.05) is 6.92 Å². The second-order valence-corrected chi connectivity index (χ2v) is 5.31. The molecule has 110 valence electrons. The second kappa shape index (κ2) is 6.31. The summed E-state index contributed by atoms with van der Waals surface area (Å²) in [6.07, 6.45) is 3.00. The number of carboxylic acid groups (broad SMARTS) is 1. The van der Waals surface area contributed by atoms with Crippen LogP contribution in [0, 0.1) is 11.6 Å². The van der Waals surface area contributed by atoms with E-state index >= 15 is 0 Å². The van der Waals surface area contributed by atoms with E-state index in [4.69, 9.17) is 5.11 Å². The first-order chi connectivity index (χ1) is 9.51. The molecule has 20 heavy (non-hydrogen) atoms. The summed E-state index contributed by atoms with van der Waals surface area (Å²) in [5.41, 5.74) is 1.21. The van der Waals surface area contributed by atoms with Gasteiger partial charge in [0.25, 0.3) is 0 Å². The van der Waals surface area contributed by atoms with Crippen LogP contribution in [-0.4, -0.2) is 23.2 Å². The molecule has 3 nitrogen and oxygen atoms in total. The monoisotopic (exact) mass is 283 g/mol. The number of fused-ring (bicyclic) bond motifs is 1. The minimum Gasteiger partial charge on any atom is -0.480 e. The van der Waals surface area contributed by atoms with Crippen molar-refractivity contribution in [3.8, 4) is 0 Å². The van der Waals surface area contributed by atoms with Gasteiger partial charge in [-0.1, -0.05) is 13.3 Å². The summed E-state index contributed by atoms with van der Waals surface area (Å²) >= 11 is 0. The molecule has 0 saturated carbocycles. The van der Waals surface area contributed by atoms with Crippen LogP contribution in [-0.2, 0) is 17.6 Å². The van der Waals surface area contributed by atoms with E-state index in [9.17, 15) is 13.6 Å². The fourth-order valence-electron chi connectivity index (χ4n) is 2.78. The normalized spacial score (nSPS) is 19.4. The molecule has 1 aliphatic rings. The largest absolute Gasteiger partial charge is 0.480 e. The zero-order valence-corrected chi connectivity index (χ0v) is 11.5. The van der Waals surface area contributed by atoms with Crippen LogP contribution in [0.3, 0.4) is 0 Å². The average molecular weight is 283 g/mol. The molecule has 2 rings (SSSR count). The van der Waals surface area contributed by atoms with Crippen molar-refractivity contribution in [1.29, 1.82) is 0 Å². The number of aliphatic carboxylic acids is 1. The Morgan fingerprint density at radius 2 is 2.25 bits per heavy atom. The number of carbonyl (C=O) groups is 1. The third-order valence-electron chi connectivity index (χ3n) is 3.78. The van der Waals surface area contributed by atoms with Gasteiger partial charge in [0.1, 0.15) is 17.7 Å². The van der Waals surface area contributed by atoms with Crippen molar-refractivity contribution < 1.29 is 18.7 Å². The van der Waals surface area contributed by atoms with E-state index in [-0.39, 0.29) is 6.04 Å². The first-order valence-electron chi connectivity index (χ1n) is 6.97. The molecule has 0 aromatic heterocycles. The van der Waals surface area contributed by atoms with E-state index in [0.717, 1.165) is 12.5 Å². The maximum atomic E-state index is 13.8. The Kier molecular flexibility index (Phi) is 4.70. The van der Waals surface area contributed by atoms with Crippen LogP contribution in [0.2, 0.25) is 0 Å². The molecule has 0 heterocycles. The van der Waals surface area contributed by atoms with E-state index in [0.29, 0.717) is 36.8 Å². The Bertz CT molecular complexity index is 505. The standard InChI is InChI=1S/C15H19F2NO2/c1-2-3-14(15(19)20)18-11-5-4-9-6-10(16)7-13(17)12(9)8-11/h6-7,11,14,18H,2-5,8H2,1H3,(H,19,20)/t11-,14-/m0/s1. The summed E-state index contributed by atoms with van der Waals surface area (Å²) in [7, 11) is 0. The summed E-state index contributed by atoms with van der Waals surface area (Å²) in [4.78, 5) is 11.1. The van der Waals surface area contributed by atoms with E-state index < -0.39 is 23.6 Å². The van der Waals surface area contributed by atoms with Gasteiger partial charge in [-0.25, -0.2) is 8.78 Å². The van der Waals surface area contributed by atoms with Crippen LogP contribution >= 0.6 is 0 Å². The topological polar surface area (TPSA) is 49.3 Å². The molecular formula is C15H19F2NO2. The second-order valence-electron chi connectivity index (χ2n) is 5.31. The quantitative estimate of drug-likeness (QED) is 0.873. The van der Waals surface area contributed by atoms with Crippen LogP contribution in [0.1, 0.15) is 37.3 Å². The van der Waals surface area contributed by atoms with E-state index in [1.54, 1.807) is 0 Å². The number of rotatable bonds is 5. The highest BCUT2D eigenvalue weighted by Crippen LogP contribution is 2.25. The van der Waals surface area contributed by atoms with Gasteiger partial charge in [0.05, 0.1) is 0 Å². The van der Waals surface area contributed by atoms with Gasteiger partial charge in [-0.3, -0.25) is 4.79 Å². The summed E-state index contributed by atoms with van der Waals surface area (Å²) in [6, 6.07) is 1.59. The van der Waals surface area contributed by atoms with Gasteiger partial charge in [-0.2, -0.15) is 0 Å². The average Bonchev–Trinajstić information content (AvgIpc) is 2.38. The Morgan fingerprint density at radius 3 is 2.90 bits per heavy atom. The maximum Gasteiger partial charge on any atom is 0.320 e. The van der Waals surface area contributed by atoms with E-state index in [1.165, 1.54) is 6.07 Å². The van der Waals surface area contributed by atoms with Crippen molar-refractivity contribution in [3.63, 3.8) is 0 Å². The molecular weight excluding hydrogens is 264 g/mol. The Balaban J connectivity index is 2.09. The molecule has 1 aliphatic carbocycles. The SMILES string of the molecule is CCC[C@H](N[C@H]1CCc2cc(F)cc(F)c2C1)C(=O)O. The van der Waals surface area contributed by atoms with Crippen LogP contribution < -0.4 is 5.32 Å². The molecule has 0 radical (unpaired) electrons. The van der Waals surface area contributed by atoms with Crippen LogP contribution in [0.4, 0.5) is 8.78 Å². The highest BCUT2D eigenvalue weighted by Gasteiger charge is 2.26. The van der Waals surface area contributed by atoms with Crippen molar-refractivity contribution >= 4 is 5.97 Å². The van der Waals surface area contributed by atoms with Gasteiger partial charge < -0.3 is 10.4 Å². The number of aryl methyl sites for hydroxylation is 1. The zero-order chi connectivity index (χ0) is 14.7. The molecule has 2 N–H and O–H groups in total. The smallest absolute Gasteiger partial charge is 0.320 e. The van der Waals surface area contributed by atoms with Gasteiger partial charge in [-0.05, 0) is 42.9 Å². The van der Waals surface area contributed by atoms with Gasteiger partial charge in [-0.15, -0.1) is 0 Å². The molecule has 0 bridgehead atoms. The van der Waals surface area contributed by atoms with Crippen molar-refractivity contribution in [2.24, 2.45) is 0 Å². The Morgan fingerprint density at radius 1 is 1.50 bits per heavy atom. The number of carboxylic acids is 1. The van der Waals surface area contributed by atoms with Gasteiger partial charge in [0, 0.05) is 12.1 Å². The molecule has 1 aromatic rings. The Hall–Kier alpha value is -1.49. The summed E-state index contributed by atoms with van der Waals surface area (Å²) in [6.45, 7) is 1.93. The lowest BCUT2D eigenvalue weighted by atomic mass is 9.87. The lowest BCUT2D eigenvalue weighted by Crippen LogP contribution is -2.45. The molecule has 0 unspecified atom stereocenters. The molecule has 1 aromatic carbocycles. The number of benzene rings is 1. The molecule has 0 spiro atoms. The maximum absolute atomic E-state index is 13.8. The van der Waals surface area contributed by atoms with Gasteiger partial charge >= 0.3 is 5.97 Å². The van der Waals surface area contributed by atoms with Crippen molar-refractivity contribution in [3.05, 3.63) is 34.9 Å². The third kappa shape index (κ3) is 3.33. The molecule has 0 fully saturated rings. The Labute approximate surface area is 117 Å². The molecule has 5 heteroatoms. The van der Waals surface area contributed by atoms with Crippen LogP contribution in [0.25, 0.3) is 0 Å². The number of hydrogen-bond donors (Lipinski definition) is 2. The van der Waals surface area contributed by atoms with E-state index in [2.05, 4.69) is 5.32 Å². The predicted molar refractivity (Wildman–Crippen MR) is 71.6 cm³/mol. The summed E-state index contributed by atoms with van der Waals surface area (Å²) in [5, 5.41) is 12.2. The summed E-state index contributed by atoms with van der Waals surface area (Å²) < 4.78 is 26.9. The lowest BCUT2D eigenvalue weighted by Gasteiger charge is -2.28. The first kappa shape index (κ1) is 14.9. The number of hydrogen-bond acceptors (Lipinski definition) is 2. The van der Waals surface area contributed by atoms with Gasteiger partial charge in [0.15, 0.2) is 0 Å².